The first kappa shape index (κ1) is 20.1. The summed E-state index contributed by atoms with van der Waals surface area (Å²) in [5, 5.41) is 0. The molecule has 0 aromatic heterocycles. The zero-order chi connectivity index (χ0) is 7.49. The molecule has 0 heterocycles. The topological polar surface area (TPSA) is 69.2 Å². The Labute approximate surface area is 154 Å². The van der Waals surface area contributed by atoms with Gasteiger partial charge < -0.3 is 14.7 Å². The van der Waals surface area contributed by atoms with Crippen LogP contribution >= 0.6 is 7.94 Å². The maximum Gasteiger partial charge on any atom is 1.00 e. The van der Waals surface area contributed by atoms with Crippen LogP contribution in [0.25, 0.3) is 0 Å². The van der Waals surface area contributed by atoms with Gasteiger partial charge in [-0.25, -0.2) is 0 Å². The minimum atomic E-state index is -4.22. The predicted octanol–water partition coefficient (Wildman–Crippen LogP) is -7.12. The van der Waals surface area contributed by atoms with Crippen LogP contribution in [-0.2, 0) is 0 Å². The van der Waals surface area contributed by atoms with E-state index in [4.69, 9.17) is 0 Å². The Balaban J connectivity index is -0.000000320. The summed E-state index contributed by atoms with van der Waals surface area (Å²) < 4.78 is 0. The average Bonchev–Trinajstić information content (AvgIpc) is 1.59. The van der Waals surface area contributed by atoms with E-state index in [-0.39, 0.29) is 109 Å². The molecule has 56 valence electrons. The van der Waals surface area contributed by atoms with Crippen molar-refractivity contribution in [3.63, 3.8) is 0 Å². The van der Waals surface area contributed by atoms with Gasteiger partial charge in [0.25, 0.3) is 0 Å². The Kier molecular flexibility index (Phi) is 18.4. The molecular weight excluding hydrogens is 217 g/mol. The van der Waals surface area contributed by atoms with E-state index in [1.807, 2.05) is 13.8 Å². The van der Waals surface area contributed by atoms with Crippen molar-refractivity contribution in [1.82, 2.24) is 0 Å². The molecule has 0 radical (unpaired) electrons. The van der Waals surface area contributed by atoms with Gasteiger partial charge >= 0.3 is 103 Å². The van der Waals surface area contributed by atoms with Gasteiger partial charge in [0.15, 0.2) is 0 Å². The first-order chi connectivity index (χ1) is 3.92. The molecule has 0 aliphatic carbocycles. The molecule has 0 aromatic rings. The summed E-state index contributed by atoms with van der Waals surface area (Å²) in [6.45, 7) is 3.77. The van der Waals surface area contributed by atoms with Crippen LogP contribution < -0.4 is 117 Å². The van der Waals surface area contributed by atoms with Crippen molar-refractivity contribution < 1.29 is 117 Å². The summed E-state index contributed by atoms with van der Waals surface area (Å²) in [5.74, 6) is 0.293. The average molecular weight is 228 g/mol. The zero-order valence-corrected chi connectivity index (χ0v) is 14.8. The van der Waals surface area contributed by atoms with E-state index in [0.29, 0.717) is 12.3 Å². The van der Waals surface area contributed by atoms with Crippen molar-refractivity contribution in [2.75, 3.05) is 6.16 Å². The van der Waals surface area contributed by atoms with E-state index in [1.165, 1.54) is 0 Å². The molecule has 0 N–H and O–H groups in total. The van der Waals surface area contributed by atoms with Gasteiger partial charge in [-0.15, -0.1) is 0 Å². The van der Waals surface area contributed by atoms with Crippen LogP contribution in [0.5, 0.6) is 0 Å². The molecule has 11 heavy (non-hydrogen) atoms. The molecule has 0 saturated heterocycles. The van der Waals surface area contributed by atoms with Gasteiger partial charge in [0.2, 0.25) is 0 Å². The molecule has 0 aliphatic heterocycles. The molecule has 0 fully saturated rings. The molecule has 0 unspecified atom stereocenters. The maximum absolute atomic E-state index is 10.0. The third kappa shape index (κ3) is 19.8. The van der Waals surface area contributed by atoms with E-state index in [9.17, 15) is 14.7 Å². The van der Waals surface area contributed by atoms with Gasteiger partial charge in [-0.05, 0) is 12.3 Å². The summed E-state index contributed by atoms with van der Waals surface area (Å²) in [4.78, 5) is 30.0. The Morgan fingerprint density at radius 3 is 1.55 bits per heavy atom. The fourth-order valence-electron chi connectivity index (χ4n) is 0.416. The largest absolute Gasteiger partial charge is 1.00 e. The summed E-state index contributed by atoms with van der Waals surface area (Å²) in [6, 6.07) is 0. The molecule has 0 rings (SSSR count). The van der Waals surface area contributed by atoms with Crippen LogP contribution in [0, 0.1) is 5.92 Å². The van der Waals surface area contributed by atoms with Crippen LogP contribution in [-0.4, -0.2) is 6.16 Å². The van der Waals surface area contributed by atoms with E-state index in [0.717, 1.165) is 0 Å². The third-order valence-electron chi connectivity index (χ3n) is 0.980. The summed E-state index contributed by atoms with van der Waals surface area (Å²) in [7, 11) is -4.22. The molecule has 0 bridgehead atoms. The predicted molar refractivity (Wildman–Crippen MR) is 31.2 cm³/mol. The normalized spacial score (nSPS) is 10.4. The van der Waals surface area contributed by atoms with E-state index < -0.39 is 7.94 Å². The van der Waals surface area contributed by atoms with Crippen LogP contribution in [0.1, 0.15) is 20.3 Å². The number of rotatable bonds is 3. The second-order valence-corrected chi connectivity index (χ2v) is 4.19. The Morgan fingerprint density at radius 2 is 1.45 bits per heavy atom. The summed E-state index contributed by atoms with van der Waals surface area (Å²) in [6.07, 6.45) is 0.273. The fraction of sp³-hybridized carbons (Fsp3) is 1.00. The Morgan fingerprint density at radius 1 is 1.09 bits per heavy atom. The van der Waals surface area contributed by atoms with Crippen molar-refractivity contribution in [1.29, 1.82) is 0 Å². The van der Waals surface area contributed by atoms with Gasteiger partial charge in [0.05, 0.1) is 0 Å². The Hall–Kier alpha value is 3.58. The van der Waals surface area contributed by atoms with Gasteiger partial charge in [-0.2, -0.15) is 7.94 Å². The van der Waals surface area contributed by atoms with Gasteiger partial charge in [0.1, 0.15) is 0 Å². The van der Waals surface area contributed by atoms with Crippen molar-refractivity contribution in [3.8, 4) is 0 Å². The van der Waals surface area contributed by atoms with Crippen molar-refractivity contribution in [2.45, 2.75) is 20.3 Å². The quantitative estimate of drug-likeness (QED) is 0.356. The first-order valence-electron chi connectivity index (χ1n) is 2.93. The molecule has 0 spiro atoms. The molecule has 0 amide bonds. The van der Waals surface area contributed by atoms with Crippen LogP contribution in [0.2, 0.25) is 0 Å². The molecule has 3 nitrogen and oxygen atoms in total. The Bertz CT molecular complexity index is 84.3. The molecule has 0 atom stereocenters. The maximum atomic E-state index is 10.0. The molecule has 0 aromatic carbocycles. The van der Waals surface area contributed by atoms with Crippen molar-refractivity contribution in [2.24, 2.45) is 5.92 Å². The number of hydrogen-bond acceptors (Lipinski definition) is 3. The summed E-state index contributed by atoms with van der Waals surface area (Å²) >= 11 is 0. The third-order valence-corrected chi connectivity index (χ3v) is 1.79. The fourth-order valence-corrected chi connectivity index (χ4v) is 1.25. The number of hydrogen-bond donors (Lipinski definition) is 0. The summed E-state index contributed by atoms with van der Waals surface area (Å²) in [5.41, 5.74) is 0. The van der Waals surface area contributed by atoms with E-state index in [2.05, 4.69) is 0 Å². The van der Waals surface area contributed by atoms with Crippen molar-refractivity contribution in [3.05, 3.63) is 0 Å². The molecular formula is C5H11K2O3P. The van der Waals surface area contributed by atoms with Gasteiger partial charge in [-0.3, -0.25) is 0 Å². The minimum Gasteiger partial charge on any atom is -0.688 e. The molecule has 6 heteroatoms. The van der Waals surface area contributed by atoms with E-state index in [1.54, 1.807) is 0 Å². The van der Waals surface area contributed by atoms with E-state index >= 15 is 0 Å². The van der Waals surface area contributed by atoms with Crippen molar-refractivity contribution >= 4 is 7.94 Å². The second-order valence-electron chi connectivity index (χ2n) is 2.52. The first-order valence-corrected chi connectivity index (χ1v) is 4.65. The van der Waals surface area contributed by atoms with Crippen LogP contribution in [0.15, 0.2) is 0 Å². The van der Waals surface area contributed by atoms with Gasteiger partial charge in [0, 0.05) is 6.16 Å². The SMILES string of the molecule is CC(C)CC[P+]([O-])([O-])[O-].[K+].[K+]. The minimum absolute atomic E-state index is 0. The monoisotopic (exact) mass is 228 g/mol. The van der Waals surface area contributed by atoms with Crippen LogP contribution in [0.4, 0.5) is 0 Å². The van der Waals surface area contributed by atoms with Crippen LogP contribution in [0.3, 0.4) is 0 Å². The van der Waals surface area contributed by atoms with Gasteiger partial charge in [-0.1, -0.05) is 13.8 Å². The second kappa shape index (κ2) is 10.1. The molecule has 0 saturated carbocycles. The standard InChI is InChI=1S/C5H13O3P.2K/c1-5(2)3-4-9(6,7)8;;/h5H,3-4H2,1-2H3,(H2,6,7,8);;/q;2*+1/p-2. The molecule has 0 aliphatic rings. The smallest absolute Gasteiger partial charge is 0.688 e. The zero-order valence-electron chi connectivity index (χ0n) is 7.66.